The number of fused-ring (bicyclic) bond motifs is 13. The molecular formula is C67H50BN3O2. The average Bonchev–Trinajstić information content (AvgIpc) is 3.97. The number of hydrogen-bond donors (Lipinski definition) is 0. The zero-order valence-electron chi connectivity index (χ0n) is 41.4. The summed E-state index contributed by atoms with van der Waals surface area (Å²) in [7, 11) is 0. The minimum atomic E-state index is -0.369. The van der Waals surface area contributed by atoms with Crippen molar-refractivity contribution in [3.63, 3.8) is 0 Å². The lowest BCUT2D eigenvalue weighted by atomic mass is 9.44. The maximum Gasteiger partial charge on any atom is 0.336 e. The first-order valence-corrected chi connectivity index (χ1v) is 25.5. The molecule has 0 saturated carbocycles. The molecular weight excluding hydrogens is 890 g/mol. The zero-order valence-corrected chi connectivity index (χ0v) is 41.4. The number of ether oxygens (including phenoxy) is 1. The maximum absolute atomic E-state index is 7.35. The Hall–Kier alpha value is -8.74. The summed E-state index contributed by atoms with van der Waals surface area (Å²) in [6.07, 6.45) is 0. The van der Waals surface area contributed by atoms with E-state index in [1.807, 2.05) is 0 Å². The molecule has 73 heavy (non-hydrogen) atoms. The number of hydrogen-bond acceptors (Lipinski definition) is 4. The fourth-order valence-electron chi connectivity index (χ4n) is 12.7. The van der Waals surface area contributed by atoms with E-state index in [0.29, 0.717) is 0 Å². The van der Waals surface area contributed by atoms with Gasteiger partial charge >= 0.3 is 6.85 Å². The second-order valence-electron chi connectivity index (χ2n) is 21.6. The van der Waals surface area contributed by atoms with Gasteiger partial charge in [0.25, 0.3) is 0 Å². The lowest BCUT2D eigenvalue weighted by Gasteiger charge is -2.43. The van der Waals surface area contributed by atoms with Gasteiger partial charge < -0.3 is 23.4 Å². The Morgan fingerprint density at radius 2 is 1.21 bits per heavy atom. The molecule has 3 aliphatic heterocycles. The van der Waals surface area contributed by atoms with Gasteiger partial charge in [0.05, 0.1) is 22.4 Å². The largest absolute Gasteiger partial charge is 0.457 e. The molecule has 6 heteroatoms. The lowest BCUT2D eigenvalue weighted by molar-refractivity contribution is 0.418. The third-order valence-electron chi connectivity index (χ3n) is 16.1. The molecule has 5 heterocycles. The molecule has 348 valence electrons. The van der Waals surface area contributed by atoms with Gasteiger partial charge in [-0.2, -0.15) is 0 Å². The van der Waals surface area contributed by atoms with Crippen LogP contribution in [-0.2, 0) is 10.8 Å². The van der Waals surface area contributed by atoms with Crippen molar-refractivity contribution >= 4 is 95.6 Å². The first-order chi connectivity index (χ1) is 35.6. The lowest BCUT2D eigenvalue weighted by Crippen LogP contribution is -2.57. The first-order valence-electron chi connectivity index (χ1n) is 25.5. The second kappa shape index (κ2) is 15.1. The van der Waals surface area contributed by atoms with Crippen LogP contribution in [0.3, 0.4) is 0 Å². The smallest absolute Gasteiger partial charge is 0.336 e. The van der Waals surface area contributed by atoms with Crippen LogP contribution in [-0.4, -0.2) is 11.3 Å². The Morgan fingerprint density at radius 1 is 0.534 bits per heavy atom. The van der Waals surface area contributed by atoms with Crippen LogP contribution >= 0.6 is 0 Å². The van der Waals surface area contributed by atoms with Gasteiger partial charge in [0.2, 0.25) is 0 Å². The number of nitrogens with zero attached hydrogens (tertiary/aromatic N) is 3. The predicted octanol–water partition coefficient (Wildman–Crippen LogP) is 17.0. The molecule has 0 saturated heterocycles. The number of aromatic nitrogens is 1. The fraction of sp³-hybridized carbons (Fsp3) is 0.104. The molecule has 2 aromatic heterocycles. The third-order valence-corrected chi connectivity index (χ3v) is 16.1. The van der Waals surface area contributed by atoms with Gasteiger partial charge in [-0.05, 0) is 99.1 Å². The van der Waals surface area contributed by atoms with Crippen LogP contribution in [0.5, 0.6) is 11.5 Å². The monoisotopic (exact) mass is 939 g/mol. The van der Waals surface area contributed by atoms with Gasteiger partial charge in [0.15, 0.2) is 5.71 Å². The highest BCUT2D eigenvalue weighted by atomic mass is 16.5. The Labute approximate surface area is 425 Å². The SMILES string of the molecule is CC(C)(C)c1ccc(N2c3cc4c(cc3B3c5c(cc6ccccc6c52)-c2ccc(N(c5ccccc5)c5ccccc5)c5c6c7ccccc7oc6n3c25)C(C)(C)c2ccccc2O4)c(-c2ccccc2)c1. The Balaban J connectivity index is 1.13. The zero-order chi connectivity index (χ0) is 48.9. The summed E-state index contributed by atoms with van der Waals surface area (Å²) in [6.45, 7) is 11.3. The van der Waals surface area contributed by atoms with Crippen molar-refractivity contribution in [2.45, 2.75) is 45.4 Å². The van der Waals surface area contributed by atoms with Gasteiger partial charge in [-0.1, -0.05) is 180 Å². The van der Waals surface area contributed by atoms with Crippen molar-refractivity contribution in [3.8, 4) is 33.8 Å². The van der Waals surface area contributed by atoms with Crippen LogP contribution in [0.25, 0.3) is 66.0 Å². The van der Waals surface area contributed by atoms with E-state index >= 15 is 0 Å². The molecule has 0 unspecified atom stereocenters. The van der Waals surface area contributed by atoms with Crippen molar-refractivity contribution in [1.29, 1.82) is 0 Å². The van der Waals surface area contributed by atoms with E-state index in [4.69, 9.17) is 9.15 Å². The average molecular weight is 940 g/mol. The number of rotatable bonds is 5. The molecule has 0 N–H and O–H groups in total. The summed E-state index contributed by atoms with van der Waals surface area (Å²) < 4.78 is 17.0. The summed E-state index contributed by atoms with van der Waals surface area (Å²) in [5, 5.41) is 5.74. The molecule has 15 rings (SSSR count). The van der Waals surface area contributed by atoms with Crippen LogP contribution < -0.4 is 25.5 Å². The molecule has 12 aromatic rings. The van der Waals surface area contributed by atoms with Crippen molar-refractivity contribution < 1.29 is 9.15 Å². The molecule has 0 aliphatic carbocycles. The number of anilines is 6. The Bertz CT molecular complexity index is 4220. The second-order valence-corrected chi connectivity index (χ2v) is 21.6. The predicted molar refractivity (Wildman–Crippen MR) is 305 cm³/mol. The molecule has 3 aliphatic rings. The van der Waals surface area contributed by atoms with Crippen LogP contribution in [0.15, 0.2) is 217 Å². The van der Waals surface area contributed by atoms with Gasteiger partial charge in [-0.15, -0.1) is 0 Å². The summed E-state index contributed by atoms with van der Waals surface area (Å²) in [5.74, 6) is 1.77. The van der Waals surface area contributed by atoms with Crippen LogP contribution in [0, 0.1) is 0 Å². The van der Waals surface area contributed by atoms with Crippen LogP contribution in [0.1, 0.15) is 51.3 Å². The molecule has 0 spiro atoms. The van der Waals surface area contributed by atoms with E-state index in [9.17, 15) is 0 Å². The van der Waals surface area contributed by atoms with E-state index in [2.05, 4.69) is 261 Å². The summed E-state index contributed by atoms with van der Waals surface area (Å²) in [6, 6.07) is 77.8. The number of para-hydroxylation sites is 4. The highest BCUT2D eigenvalue weighted by molar-refractivity contribution is 6.90. The van der Waals surface area contributed by atoms with Crippen molar-refractivity contribution in [2.75, 3.05) is 9.80 Å². The van der Waals surface area contributed by atoms with Crippen molar-refractivity contribution in [2.24, 2.45) is 0 Å². The van der Waals surface area contributed by atoms with Gasteiger partial charge in [-0.3, -0.25) is 0 Å². The Morgan fingerprint density at radius 3 is 1.96 bits per heavy atom. The highest BCUT2D eigenvalue weighted by Gasteiger charge is 2.47. The van der Waals surface area contributed by atoms with Crippen molar-refractivity contribution in [3.05, 3.63) is 229 Å². The van der Waals surface area contributed by atoms with Crippen LogP contribution in [0.2, 0.25) is 0 Å². The normalized spacial score (nSPS) is 14.0. The molecule has 0 bridgehead atoms. The first kappa shape index (κ1) is 42.0. The standard InChI is InChI=1S/C67H50BN3O2/c1-66(2,3)43-33-35-54(49(38-43)41-21-9-6-10-22-41)70-56-40-59-52(67(4,5)51-30-18-20-32-58(51)72-59)39-53(56)68-62-50(37-42-23-15-16-28-46(42)64(62)70)47-34-36-55(69(44-24-11-7-12-25-44)45-26-13-8-14-27-45)61-60-48-29-17-19-31-57(48)73-65(60)71(68)63(47)61/h6-40H,1-5H3. The summed E-state index contributed by atoms with van der Waals surface area (Å²) >= 11 is 0. The molecule has 0 atom stereocenters. The molecule has 0 amide bonds. The quantitative estimate of drug-likeness (QED) is 0.161. The van der Waals surface area contributed by atoms with E-state index < -0.39 is 0 Å². The van der Waals surface area contributed by atoms with E-state index in [-0.39, 0.29) is 17.7 Å². The van der Waals surface area contributed by atoms with Crippen LogP contribution in [0.4, 0.5) is 34.1 Å². The van der Waals surface area contributed by atoms with Crippen molar-refractivity contribution in [1.82, 2.24) is 4.48 Å². The summed E-state index contributed by atoms with van der Waals surface area (Å²) in [4.78, 5) is 5.00. The molecule has 10 aromatic carbocycles. The molecule has 5 nitrogen and oxygen atoms in total. The molecule has 0 fully saturated rings. The maximum atomic E-state index is 7.35. The fourth-order valence-corrected chi connectivity index (χ4v) is 12.7. The third kappa shape index (κ3) is 5.92. The summed E-state index contributed by atoms with van der Waals surface area (Å²) in [5.41, 5.74) is 19.9. The van der Waals surface area contributed by atoms with E-state index in [0.717, 1.165) is 84.2 Å². The highest BCUT2D eigenvalue weighted by Crippen LogP contribution is 2.56. The minimum absolute atomic E-state index is 0.0750. The van der Waals surface area contributed by atoms with Gasteiger partial charge in [-0.25, -0.2) is 0 Å². The van der Waals surface area contributed by atoms with E-state index in [1.165, 1.54) is 55.1 Å². The Kier molecular flexibility index (Phi) is 8.71. The number of furan rings is 1. The number of benzene rings is 10. The van der Waals surface area contributed by atoms with Gasteiger partial charge in [0, 0.05) is 72.5 Å². The van der Waals surface area contributed by atoms with Gasteiger partial charge in [0.1, 0.15) is 17.1 Å². The molecule has 0 radical (unpaired) electrons. The topological polar surface area (TPSA) is 33.8 Å². The van der Waals surface area contributed by atoms with E-state index in [1.54, 1.807) is 0 Å². The minimum Gasteiger partial charge on any atom is -0.457 e.